The number of ether oxygens (including phenoxy) is 1. The van der Waals surface area contributed by atoms with Crippen LogP contribution >= 0.6 is 0 Å². The van der Waals surface area contributed by atoms with Gasteiger partial charge in [-0.25, -0.2) is 17.6 Å². The molecule has 1 fully saturated rings. The quantitative estimate of drug-likeness (QED) is 0.654. The first kappa shape index (κ1) is 14.7. The zero-order valence-corrected chi connectivity index (χ0v) is 10.5. The van der Waals surface area contributed by atoms with Gasteiger partial charge in [0.15, 0.2) is 23.3 Å². The molecule has 1 aliphatic rings. The van der Waals surface area contributed by atoms with Crippen LogP contribution in [0.4, 0.5) is 23.2 Å². The molecule has 0 atom stereocenters. The molecule has 1 saturated heterocycles. The molecule has 0 aliphatic carbocycles. The van der Waals surface area contributed by atoms with Crippen LogP contribution in [0.15, 0.2) is 6.07 Å². The summed E-state index contributed by atoms with van der Waals surface area (Å²) in [7, 11) is 0. The van der Waals surface area contributed by atoms with Crippen LogP contribution in [-0.4, -0.2) is 31.2 Å². The maximum Gasteiger partial charge on any atom is 0.250 e. The molecular formula is C12H12F4N2O2. The highest BCUT2D eigenvalue weighted by Gasteiger charge is 2.33. The van der Waals surface area contributed by atoms with Crippen molar-refractivity contribution in [2.45, 2.75) is 12.5 Å². The van der Waals surface area contributed by atoms with Crippen LogP contribution in [0.25, 0.3) is 0 Å². The van der Waals surface area contributed by atoms with E-state index in [4.69, 9.17) is 4.74 Å². The molecule has 0 radical (unpaired) electrons. The highest BCUT2D eigenvalue weighted by atomic mass is 19.2. The average molecular weight is 292 g/mol. The Kier molecular flexibility index (Phi) is 3.96. The minimum atomic E-state index is -1.66. The van der Waals surface area contributed by atoms with Crippen LogP contribution in [-0.2, 0) is 9.53 Å². The number of amides is 1. The topological polar surface area (TPSA) is 50.4 Å². The first-order chi connectivity index (χ1) is 9.32. The van der Waals surface area contributed by atoms with Crippen LogP contribution in [0.3, 0.4) is 0 Å². The number of benzene rings is 1. The fourth-order valence-corrected chi connectivity index (χ4v) is 1.68. The van der Waals surface area contributed by atoms with Crippen molar-refractivity contribution in [3.05, 3.63) is 29.3 Å². The second-order valence-electron chi connectivity index (χ2n) is 4.73. The number of anilines is 1. The molecule has 0 saturated carbocycles. The lowest BCUT2D eigenvalue weighted by Gasteiger charge is -2.38. The second-order valence-corrected chi connectivity index (χ2v) is 4.73. The third-order valence-corrected chi connectivity index (χ3v) is 2.93. The fraction of sp³-hybridized carbons (Fsp3) is 0.417. The number of rotatable bonds is 4. The van der Waals surface area contributed by atoms with E-state index >= 15 is 0 Å². The summed E-state index contributed by atoms with van der Waals surface area (Å²) in [5.41, 5.74) is -1.69. The number of carbonyl (C=O) groups is 1. The van der Waals surface area contributed by atoms with Crippen molar-refractivity contribution in [3.63, 3.8) is 0 Å². The molecule has 20 heavy (non-hydrogen) atoms. The van der Waals surface area contributed by atoms with Gasteiger partial charge in [-0.05, 0) is 6.92 Å². The Morgan fingerprint density at radius 3 is 2.30 bits per heavy atom. The summed E-state index contributed by atoms with van der Waals surface area (Å²) < 4.78 is 57.7. The van der Waals surface area contributed by atoms with Gasteiger partial charge in [0, 0.05) is 19.2 Å². The van der Waals surface area contributed by atoms with Crippen molar-refractivity contribution in [3.8, 4) is 0 Å². The molecular weight excluding hydrogens is 280 g/mol. The summed E-state index contributed by atoms with van der Waals surface area (Å²) in [6.07, 6.45) is 0. The smallest absolute Gasteiger partial charge is 0.250 e. The number of hydrogen-bond acceptors (Lipinski definition) is 3. The number of carbonyl (C=O) groups excluding carboxylic acids is 1. The summed E-state index contributed by atoms with van der Waals surface area (Å²) >= 11 is 0. The lowest BCUT2D eigenvalue weighted by molar-refractivity contribution is -0.130. The van der Waals surface area contributed by atoms with E-state index in [-0.39, 0.29) is 6.07 Å². The monoisotopic (exact) mass is 292 g/mol. The highest BCUT2D eigenvalue weighted by Crippen LogP contribution is 2.24. The molecule has 8 heteroatoms. The van der Waals surface area contributed by atoms with Crippen molar-refractivity contribution < 1.29 is 27.1 Å². The number of hydrogen-bond donors (Lipinski definition) is 2. The zero-order valence-electron chi connectivity index (χ0n) is 10.5. The molecule has 1 aliphatic heterocycles. The third-order valence-electron chi connectivity index (χ3n) is 2.93. The largest absolute Gasteiger partial charge is 0.363 e. The Morgan fingerprint density at radius 2 is 1.85 bits per heavy atom. The summed E-state index contributed by atoms with van der Waals surface area (Å²) in [4.78, 5) is 11.5. The molecule has 1 aromatic carbocycles. The van der Waals surface area contributed by atoms with Crippen molar-refractivity contribution in [1.29, 1.82) is 0 Å². The van der Waals surface area contributed by atoms with Gasteiger partial charge in [-0.3, -0.25) is 4.79 Å². The number of halogens is 4. The third kappa shape index (κ3) is 2.91. The van der Waals surface area contributed by atoms with Gasteiger partial charge in [-0.1, -0.05) is 0 Å². The van der Waals surface area contributed by atoms with Crippen LogP contribution in [0, 0.1) is 23.3 Å². The molecule has 4 nitrogen and oxygen atoms in total. The van der Waals surface area contributed by atoms with Gasteiger partial charge in [-0.15, -0.1) is 0 Å². The molecule has 0 bridgehead atoms. The van der Waals surface area contributed by atoms with Crippen molar-refractivity contribution in [1.82, 2.24) is 5.32 Å². The van der Waals surface area contributed by atoms with E-state index in [1.807, 2.05) is 0 Å². The van der Waals surface area contributed by atoms with Crippen molar-refractivity contribution in [2.75, 3.05) is 25.0 Å². The van der Waals surface area contributed by atoms with Crippen LogP contribution < -0.4 is 10.6 Å². The van der Waals surface area contributed by atoms with Crippen LogP contribution in [0.1, 0.15) is 6.92 Å². The van der Waals surface area contributed by atoms with Gasteiger partial charge in [-0.2, -0.15) is 0 Å². The van der Waals surface area contributed by atoms with E-state index in [9.17, 15) is 22.4 Å². The first-order valence-corrected chi connectivity index (χ1v) is 5.80. The van der Waals surface area contributed by atoms with Gasteiger partial charge < -0.3 is 15.4 Å². The normalized spacial score (nSPS) is 16.6. The first-order valence-electron chi connectivity index (χ1n) is 5.80. The number of nitrogens with one attached hydrogen (secondary N) is 2. The summed E-state index contributed by atoms with van der Waals surface area (Å²) in [5.74, 6) is -7.39. The maximum absolute atomic E-state index is 13.3. The molecule has 1 aromatic rings. The van der Waals surface area contributed by atoms with E-state index in [0.717, 1.165) is 0 Å². The van der Waals surface area contributed by atoms with Crippen molar-refractivity contribution >= 4 is 11.6 Å². The lowest BCUT2D eigenvalue weighted by Crippen LogP contribution is -2.59. The Labute approximate surface area is 112 Å². The summed E-state index contributed by atoms with van der Waals surface area (Å²) in [6.45, 7) is 2.35. The maximum atomic E-state index is 13.3. The summed E-state index contributed by atoms with van der Waals surface area (Å²) in [5, 5.41) is 4.70. The predicted octanol–water partition coefficient (Wildman–Crippen LogP) is 1.56. The lowest BCUT2D eigenvalue weighted by atomic mass is 10.0. The Bertz CT molecular complexity index is 520. The SMILES string of the molecule is CC1(OCC(=O)Nc2c(F)c(F)cc(F)c2F)CNC1. The minimum absolute atomic E-state index is 0.0674. The van der Waals surface area contributed by atoms with E-state index in [1.54, 1.807) is 12.2 Å². The Balaban J connectivity index is 2.04. The average Bonchev–Trinajstić information content (AvgIpc) is 2.37. The second kappa shape index (κ2) is 5.37. The van der Waals surface area contributed by atoms with E-state index in [2.05, 4.69) is 5.32 Å². The van der Waals surface area contributed by atoms with Gasteiger partial charge in [0.1, 0.15) is 12.3 Å². The standard InChI is InChI=1S/C12H12F4N2O2/c1-12(4-17-5-12)20-3-8(19)18-11-9(15)6(13)2-7(14)10(11)16/h2,17H,3-5H2,1H3,(H,18,19). The molecule has 0 unspecified atom stereocenters. The van der Waals surface area contributed by atoms with Crippen LogP contribution in [0.2, 0.25) is 0 Å². The fourth-order valence-electron chi connectivity index (χ4n) is 1.68. The van der Waals surface area contributed by atoms with Crippen molar-refractivity contribution in [2.24, 2.45) is 0 Å². The molecule has 2 rings (SSSR count). The predicted molar refractivity (Wildman–Crippen MR) is 62.1 cm³/mol. The minimum Gasteiger partial charge on any atom is -0.363 e. The highest BCUT2D eigenvalue weighted by molar-refractivity contribution is 5.92. The van der Waals surface area contributed by atoms with Gasteiger partial charge in [0.25, 0.3) is 5.91 Å². The Morgan fingerprint density at radius 1 is 1.30 bits per heavy atom. The summed E-state index contributed by atoms with van der Waals surface area (Å²) in [6, 6.07) is 0.0674. The van der Waals surface area contributed by atoms with Gasteiger partial charge in [0.2, 0.25) is 0 Å². The van der Waals surface area contributed by atoms with E-state index < -0.39 is 47.1 Å². The molecule has 110 valence electrons. The molecule has 2 N–H and O–H groups in total. The van der Waals surface area contributed by atoms with E-state index in [0.29, 0.717) is 13.1 Å². The zero-order chi connectivity index (χ0) is 14.9. The van der Waals surface area contributed by atoms with Gasteiger partial charge >= 0.3 is 0 Å². The Hall–Kier alpha value is -1.67. The molecule has 1 amide bonds. The molecule has 1 heterocycles. The van der Waals surface area contributed by atoms with Gasteiger partial charge in [0.05, 0.1) is 5.60 Å². The van der Waals surface area contributed by atoms with Crippen LogP contribution in [0.5, 0.6) is 0 Å². The van der Waals surface area contributed by atoms with E-state index in [1.165, 1.54) is 0 Å². The molecule has 0 aromatic heterocycles. The molecule has 0 spiro atoms.